The van der Waals surface area contributed by atoms with Gasteiger partial charge in [-0.2, -0.15) is 5.10 Å². The Kier molecular flexibility index (Phi) is 5.85. The summed E-state index contributed by atoms with van der Waals surface area (Å²) in [4.78, 5) is 16.1. The van der Waals surface area contributed by atoms with E-state index in [9.17, 15) is 4.79 Å². The van der Waals surface area contributed by atoms with Crippen molar-refractivity contribution in [1.82, 2.24) is 15.2 Å². The van der Waals surface area contributed by atoms with Gasteiger partial charge in [0.1, 0.15) is 12.0 Å². The van der Waals surface area contributed by atoms with Gasteiger partial charge in [0, 0.05) is 11.1 Å². The van der Waals surface area contributed by atoms with Gasteiger partial charge in [0.05, 0.1) is 29.4 Å². The Labute approximate surface area is 186 Å². The number of carbonyl (C=O) groups is 1. The molecule has 4 aromatic rings. The van der Waals surface area contributed by atoms with Crippen molar-refractivity contribution in [2.45, 2.75) is 13.3 Å². The molecule has 6 heteroatoms. The molecule has 6 nitrogen and oxygen atoms in total. The first-order valence-corrected chi connectivity index (χ1v) is 10.3. The Hall–Kier alpha value is -4.19. The summed E-state index contributed by atoms with van der Waals surface area (Å²) < 4.78 is 5.32. The number of methoxy groups -OCH3 is 1. The number of aromatic nitrogens is 3. The van der Waals surface area contributed by atoms with Crippen LogP contribution in [0.15, 0.2) is 72.8 Å². The molecule has 0 atom stereocenters. The zero-order valence-corrected chi connectivity index (χ0v) is 18.1. The van der Waals surface area contributed by atoms with Crippen molar-refractivity contribution in [2.24, 2.45) is 0 Å². The first-order chi connectivity index (χ1) is 15.5. The predicted molar refractivity (Wildman–Crippen MR) is 130 cm³/mol. The molecule has 2 aromatic heterocycles. The molecule has 2 heterocycles. The summed E-state index contributed by atoms with van der Waals surface area (Å²) in [6, 6.07) is 13.9. The summed E-state index contributed by atoms with van der Waals surface area (Å²) in [5.74, 6) is 1.20. The minimum atomic E-state index is 0.388. The van der Waals surface area contributed by atoms with Crippen LogP contribution in [0.3, 0.4) is 0 Å². The molecule has 2 aromatic carbocycles. The Bertz CT molecular complexity index is 1400. The summed E-state index contributed by atoms with van der Waals surface area (Å²) in [5, 5.41) is 10.0. The average Bonchev–Trinajstić information content (AvgIpc) is 3.20. The topological polar surface area (TPSA) is 93.9 Å². The van der Waals surface area contributed by atoms with Gasteiger partial charge in [0.25, 0.3) is 0 Å². The van der Waals surface area contributed by atoms with Crippen molar-refractivity contribution in [2.75, 3.05) is 12.8 Å². The van der Waals surface area contributed by atoms with Crippen molar-refractivity contribution < 1.29 is 9.53 Å². The Morgan fingerprint density at radius 1 is 1.16 bits per heavy atom. The van der Waals surface area contributed by atoms with E-state index in [4.69, 9.17) is 15.5 Å². The number of hydrogen-bond acceptors (Lipinski definition) is 5. The van der Waals surface area contributed by atoms with Crippen LogP contribution in [0.2, 0.25) is 0 Å². The average molecular weight is 425 g/mol. The summed E-state index contributed by atoms with van der Waals surface area (Å²) in [5.41, 5.74) is 10.5. The quantitative estimate of drug-likeness (QED) is 0.233. The number of nitrogens with zero attached hydrogens (tertiary/aromatic N) is 2. The van der Waals surface area contributed by atoms with E-state index >= 15 is 0 Å². The molecule has 160 valence electrons. The number of hydrogen-bond donors (Lipinski definition) is 2. The second-order valence-electron chi connectivity index (χ2n) is 7.40. The molecule has 0 saturated carbocycles. The molecule has 0 bridgehead atoms. The molecule has 4 rings (SSSR count). The predicted octanol–water partition coefficient (Wildman–Crippen LogP) is 5.47. The highest BCUT2D eigenvalue weighted by Crippen LogP contribution is 2.34. The zero-order chi connectivity index (χ0) is 22.7. The number of nitrogen functional groups attached to an aromatic ring is 1. The smallest absolute Gasteiger partial charge is 0.155 e. The lowest BCUT2D eigenvalue weighted by Gasteiger charge is -2.09. The van der Waals surface area contributed by atoms with Crippen LogP contribution in [0.25, 0.3) is 38.5 Å². The number of H-pyrrole nitrogens is 1. The molecule has 0 aliphatic rings. The maximum absolute atomic E-state index is 11.2. The Morgan fingerprint density at radius 3 is 2.69 bits per heavy atom. The van der Waals surface area contributed by atoms with Gasteiger partial charge in [-0.15, -0.1) is 0 Å². The van der Waals surface area contributed by atoms with Crippen LogP contribution in [0, 0.1) is 0 Å². The highest BCUT2D eigenvalue weighted by Gasteiger charge is 2.15. The molecule has 0 aliphatic carbocycles. The van der Waals surface area contributed by atoms with Crippen LogP contribution in [-0.2, 0) is 4.79 Å². The maximum atomic E-state index is 11.2. The van der Waals surface area contributed by atoms with Crippen LogP contribution in [0.4, 0.5) is 5.82 Å². The van der Waals surface area contributed by atoms with Gasteiger partial charge in [-0.1, -0.05) is 49.9 Å². The summed E-state index contributed by atoms with van der Waals surface area (Å²) in [6.07, 6.45) is 7.00. The molecule has 0 saturated heterocycles. The highest BCUT2D eigenvalue weighted by molar-refractivity contribution is 6.02. The van der Waals surface area contributed by atoms with Crippen molar-refractivity contribution in [3.8, 4) is 17.0 Å². The number of anilines is 1. The number of nitrogens with two attached hydrogens (primary N) is 1. The number of rotatable bonds is 7. The zero-order valence-electron chi connectivity index (χ0n) is 18.1. The van der Waals surface area contributed by atoms with Gasteiger partial charge < -0.3 is 10.5 Å². The number of carbonyl (C=O) groups excluding carboxylic acids is 1. The van der Waals surface area contributed by atoms with Gasteiger partial charge in [-0.25, -0.2) is 4.98 Å². The fourth-order valence-corrected chi connectivity index (χ4v) is 3.61. The number of aromatic amines is 1. The highest BCUT2D eigenvalue weighted by atomic mass is 16.5. The number of nitrogens with one attached hydrogen (secondary N) is 1. The summed E-state index contributed by atoms with van der Waals surface area (Å²) >= 11 is 0. The van der Waals surface area contributed by atoms with E-state index in [0.29, 0.717) is 22.7 Å². The van der Waals surface area contributed by atoms with Crippen LogP contribution >= 0.6 is 0 Å². The third-order valence-electron chi connectivity index (χ3n) is 5.28. The molecular formula is C26H24N4O2. The number of ether oxygens (including phenoxy) is 1. The molecule has 0 amide bonds. The standard InChI is InChI=1S/C26H24N4O2/c1-4-5-17(15-31)7-6-16(2)22-14-23-24(26(27)30-29-23)25(28-22)20-9-8-19-13-21(32-3)11-10-18(19)12-20/h5-15H,2,4H2,1,3H3,(H3,27,29,30)/b7-6-,17-5+. The lowest BCUT2D eigenvalue weighted by molar-refractivity contribution is -0.104. The van der Waals surface area contributed by atoms with E-state index in [1.54, 1.807) is 19.3 Å². The van der Waals surface area contributed by atoms with Crippen LogP contribution in [0.5, 0.6) is 5.75 Å². The molecule has 0 radical (unpaired) electrons. The monoisotopic (exact) mass is 424 g/mol. The van der Waals surface area contributed by atoms with E-state index in [1.807, 2.05) is 49.4 Å². The third kappa shape index (κ3) is 4.03. The Balaban J connectivity index is 1.82. The van der Waals surface area contributed by atoms with Gasteiger partial charge in [-0.3, -0.25) is 9.89 Å². The molecule has 0 unspecified atom stereocenters. The van der Waals surface area contributed by atoms with Crippen molar-refractivity contribution in [3.63, 3.8) is 0 Å². The molecule has 0 fully saturated rings. The number of pyridine rings is 1. The summed E-state index contributed by atoms with van der Waals surface area (Å²) in [7, 11) is 1.65. The van der Waals surface area contributed by atoms with Crippen molar-refractivity contribution in [3.05, 3.63) is 78.5 Å². The number of fused-ring (bicyclic) bond motifs is 2. The molecule has 0 aliphatic heterocycles. The minimum absolute atomic E-state index is 0.388. The molecule has 0 spiro atoms. The first kappa shape index (κ1) is 21.1. The van der Waals surface area contributed by atoms with Gasteiger partial charge >= 0.3 is 0 Å². The van der Waals surface area contributed by atoms with Crippen LogP contribution in [-0.4, -0.2) is 28.6 Å². The van der Waals surface area contributed by atoms with Gasteiger partial charge in [0.2, 0.25) is 0 Å². The van der Waals surface area contributed by atoms with Crippen molar-refractivity contribution >= 4 is 39.4 Å². The molecule has 32 heavy (non-hydrogen) atoms. The number of aldehydes is 1. The SMILES string of the molecule is C=C(/C=C\C(C=O)=C/CC)c1cc2[nH]nc(N)c2c(-c2ccc3cc(OC)ccc3c2)n1. The minimum Gasteiger partial charge on any atom is -0.497 e. The second kappa shape index (κ2) is 8.89. The molecule has 3 N–H and O–H groups in total. The second-order valence-corrected chi connectivity index (χ2v) is 7.40. The third-order valence-corrected chi connectivity index (χ3v) is 5.28. The number of allylic oxidation sites excluding steroid dienone is 5. The van der Waals surface area contributed by atoms with E-state index in [-0.39, 0.29) is 0 Å². The number of benzene rings is 2. The van der Waals surface area contributed by atoms with Crippen molar-refractivity contribution in [1.29, 1.82) is 0 Å². The lowest BCUT2D eigenvalue weighted by Crippen LogP contribution is -1.94. The summed E-state index contributed by atoms with van der Waals surface area (Å²) in [6.45, 7) is 6.12. The van der Waals surface area contributed by atoms with Crippen LogP contribution < -0.4 is 10.5 Å². The van der Waals surface area contributed by atoms with E-state index < -0.39 is 0 Å². The largest absolute Gasteiger partial charge is 0.497 e. The molecular weight excluding hydrogens is 400 g/mol. The van der Waals surface area contributed by atoms with E-state index in [1.165, 1.54) is 0 Å². The van der Waals surface area contributed by atoms with E-state index in [2.05, 4.69) is 22.8 Å². The Morgan fingerprint density at radius 2 is 1.94 bits per heavy atom. The first-order valence-electron chi connectivity index (χ1n) is 10.3. The van der Waals surface area contributed by atoms with Crippen LogP contribution in [0.1, 0.15) is 19.0 Å². The van der Waals surface area contributed by atoms with Gasteiger partial charge in [0.15, 0.2) is 5.82 Å². The maximum Gasteiger partial charge on any atom is 0.155 e. The lowest BCUT2D eigenvalue weighted by atomic mass is 10.0. The fourth-order valence-electron chi connectivity index (χ4n) is 3.61. The van der Waals surface area contributed by atoms with E-state index in [0.717, 1.165) is 51.4 Å². The normalized spacial score (nSPS) is 12.0. The fraction of sp³-hybridized carbons (Fsp3) is 0.115. The van der Waals surface area contributed by atoms with Gasteiger partial charge in [-0.05, 0) is 47.0 Å².